The Balaban J connectivity index is 1.85. The smallest absolute Gasteiger partial charge is 0.290 e. The molecular formula is C18H13N7O. The number of hydrogen-bond donors (Lipinski definition) is 2. The van der Waals surface area contributed by atoms with Crippen LogP contribution in [0.1, 0.15) is 17.2 Å². The Labute approximate surface area is 147 Å². The first-order valence-corrected chi connectivity index (χ1v) is 8.11. The monoisotopic (exact) mass is 343 g/mol. The Kier molecular flexibility index (Phi) is 3.14. The fourth-order valence-corrected chi connectivity index (χ4v) is 3.28. The van der Waals surface area contributed by atoms with Gasteiger partial charge < -0.3 is 5.32 Å². The van der Waals surface area contributed by atoms with Crippen molar-refractivity contribution in [2.75, 3.05) is 5.32 Å². The van der Waals surface area contributed by atoms with Crippen molar-refractivity contribution < 1.29 is 0 Å². The second-order valence-electron chi connectivity index (χ2n) is 5.93. The van der Waals surface area contributed by atoms with Crippen molar-refractivity contribution in [2.24, 2.45) is 0 Å². The fraction of sp³-hybridized carbons (Fsp3) is 0.0556. The molecule has 8 heteroatoms. The Bertz CT molecular complexity index is 1140. The second-order valence-corrected chi connectivity index (χ2v) is 5.93. The van der Waals surface area contributed by atoms with Crippen LogP contribution < -0.4 is 10.9 Å². The van der Waals surface area contributed by atoms with Gasteiger partial charge in [0.25, 0.3) is 5.56 Å². The Hall–Kier alpha value is -3.81. The molecule has 0 spiro atoms. The summed E-state index contributed by atoms with van der Waals surface area (Å²) in [7, 11) is 0. The van der Waals surface area contributed by atoms with Crippen LogP contribution in [0.5, 0.6) is 0 Å². The van der Waals surface area contributed by atoms with Crippen molar-refractivity contribution in [1.29, 1.82) is 0 Å². The number of nitrogens with zero attached hydrogens (tertiary/aromatic N) is 5. The predicted molar refractivity (Wildman–Crippen MR) is 94.9 cm³/mol. The Morgan fingerprint density at radius 3 is 2.46 bits per heavy atom. The number of H-pyrrole nitrogens is 1. The van der Waals surface area contributed by atoms with Gasteiger partial charge in [-0.05, 0) is 16.0 Å². The highest BCUT2D eigenvalue weighted by Crippen LogP contribution is 2.38. The van der Waals surface area contributed by atoms with Crippen LogP contribution in [0.15, 0.2) is 65.5 Å². The van der Waals surface area contributed by atoms with Crippen LogP contribution in [-0.2, 0) is 0 Å². The summed E-state index contributed by atoms with van der Waals surface area (Å²) in [4.78, 5) is 12.6. The van der Waals surface area contributed by atoms with Gasteiger partial charge in [0.15, 0.2) is 0 Å². The van der Waals surface area contributed by atoms with Crippen molar-refractivity contribution in [2.45, 2.75) is 6.04 Å². The van der Waals surface area contributed by atoms with E-state index < -0.39 is 0 Å². The lowest BCUT2D eigenvalue weighted by Gasteiger charge is -2.27. The number of aromatic nitrogens is 6. The van der Waals surface area contributed by atoms with E-state index in [0.29, 0.717) is 17.3 Å². The molecule has 0 saturated heterocycles. The summed E-state index contributed by atoms with van der Waals surface area (Å²) in [6, 6.07) is 19.3. The standard InChI is InChI=1S/C18H13N7O/c26-17-16-13(15(20-21-17)12-9-5-2-6-10-12)14(11-7-3-1-4-8-11)19-18-22-23-24-25(16)18/h1-10,14H,(H,21,26)(H,19,22,24). The van der Waals surface area contributed by atoms with Crippen molar-refractivity contribution >= 4 is 5.95 Å². The number of nitrogens with one attached hydrogen (secondary N) is 2. The molecule has 0 radical (unpaired) electrons. The van der Waals surface area contributed by atoms with Crippen LogP contribution >= 0.6 is 0 Å². The van der Waals surface area contributed by atoms with Gasteiger partial charge >= 0.3 is 0 Å². The van der Waals surface area contributed by atoms with Gasteiger partial charge in [0, 0.05) is 11.1 Å². The zero-order valence-corrected chi connectivity index (χ0v) is 13.5. The van der Waals surface area contributed by atoms with E-state index in [1.165, 1.54) is 4.68 Å². The van der Waals surface area contributed by atoms with E-state index in [1.807, 2.05) is 60.7 Å². The van der Waals surface area contributed by atoms with Crippen LogP contribution in [0.25, 0.3) is 16.9 Å². The molecule has 1 atom stereocenters. The fourth-order valence-electron chi connectivity index (χ4n) is 3.28. The highest BCUT2D eigenvalue weighted by atomic mass is 16.1. The number of benzene rings is 2. The molecule has 0 saturated carbocycles. The number of hydrogen-bond acceptors (Lipinski definition) is 6. The molecule has 26 heavy (non-hydrogen) atoms. The lowest BCUT2D eigenvalue weighted by Crippen LogP contribution is -2.31. The molecule has 2 aromatic heterocycles. The van der Waals surface area contributed by atoms with Gasteiger partial charge in [-0.15, -0.1) is 0 Å². The minimum absolute atomic E-state index is 0.297. The van der Waals surface area contributed by atoms with Crippen molar-refractivity contribution in [1.82, 2.24) is 30.4 Å². The predicted octanol–water partition coefficient (Wildman–Crippen LogP) is 1.93. The summed E-state index contributed by atoms with van der Waals surface area (Å²) in [5.41, 5.74) is 3.36. The maximum Gasteiger partial charge on any atom is 0.290 e. The average molecular weight is 343 g/mol. The van der Waals surface area contributed by atoms with Crippen molar-refractivity contribution in [3.63, 3.8) is 0 Å². The lowest BCUT2D eigenvalue weighted by molar-refractivity contribution is 0.728. The lowest BCUT2D eigenvalue weighted by atomic mass is 9.92. The molecule has 2 N–H and O–H groups in total. The van der Waals surface area contributed by atoms with E-state index in [1.54, 1.807) is 0 Å². The molecular weight excluding hydrogens is 330 g/mol. The highest BCUT2D eigenvalue weighted by molar-refractivity contribution is 5.71. The first kappa shape index (κ1) is 14.5. The molecule has 126 valence electrons. The number of fused-ring (bicyclic) bond motifs is 3. The molecule has 0 amide bonds. The molecule has 8 nitrogen and oxygen atoms in total. The second kappa shape index (κ2) is 5.62. The number of aromatic amines is 1. The first-order valence-electron chi connectivity index (χ1n) is 8.11. The summed E-state index contributed by atoms with van der Waals surface area (Å²) >= 11 is 0. The van der Waals surface area contributed by atoms with E-state index in [0.717, 1.165) is 16.7 Å². The molecule has 1 aliphatic heterocycles. The molecule has 0 fully saturated rings. The zero-order valence-electron chi connectivity index (χ0n) is 13.5. The minimum Gasteiger partial charge on any atom is -0.342 e. The quantitative estimate of drug-likeness (QED) is 0.577. The molecule has 1 aliphatic rings. The largest absolute Gasteiger partial charge is 0.342 e. The first-order chi connectivity index (χ1) is 12.8. The van der Waals surface area contributed by atoms with Gasteiger partial charge in [-0.25, -0.2) is 5.10 Å². The van der Waals surface area contributed by atoms with Crippen LogP contribution in [0, 0.1) is 0 Å². The molecule has 4 aromatic rings. The van der Waals surface area contributed by atoms with E-state index in [-0.39, 0.29) is 11.6 Å². The summed E-state index contributed by atoms with van der Waals surface area (Å²) in [5, 5.41) is 21.9. The number of tetrazole rings is 1. The van der Waals surface area contributed by atoms with Crippen LogP contribution in [0.3, 0.4) is 0 Å². The third-order valence-corrected chi connectivity index (χ3v) is 4.42. The third kappa shape index (κ3) is 2.12. The van der Waals surface area contributed by atoms with Gasteiger partial charge in [-0.2, -0.15) is 9.78 Å². The van der Waals surface area contributed by atoms with Crippen molar-refractivity contribution in [3.8, 4) is 16.9 Å². The molecule has 2 aromatic carbocycles. The topological polar surface area (TPSA) is 101 Å². The summed E-state index contributed by atoms with van der Waals surface area (Å²) < 4.78 is 1.42. The summed E-state index contributed by atoms with van der Waals surface area (Å²) in [5.74, 6) is 0.419. The molecule has 0 bridgehead atoms. The van der Waals surface area contributed by atoms with Gasteiger partial charge in [0.2, 0.25) is 5.95 Å². The number of anilines is 1. The van der Waals surface area contributed by atoms with E-state index in [4.69, 9.17) is 0 Å². The Morgan fingerprint density at radius 2 is 1.69 bits per heavy atom. The maximum absolute atomic E-state index is 12.6. The highest BCUT2D eigenvalue weighted by Gasteiger charge is 2.33. The van der Waals surface area contributed by atoms with Gasteiger partial charge in [-0.1, -0.05) is 65.8 Å². The van der Waals surface area contributed by atoms with E-state index in [9.17, 15) is 4.79 Å². The van der Waals surface area contributed by atoms with E-state index in [2.05, 4.69) is 31.0 Å². The van der Waals surface area contributed by atoms with Gasteiger partial charge in [0.05, 0.1) is 11.7 Å². The summed E-state index contributed by atoms with van der Waals surface area (Å²) in [6.45, 7) is 0. The molecule has 3 heterocycles. The zero-order chi connectivity index (χ0) is 17.5. The van der Waals surface area contributed by atoms with Crippen molar-refractivity contribution in [3.05, 3.63) is 82.1 Å². The van der Waals surface area contributed by atoms with Crippen LogP contribution in [-0.4, -0.2) is 30.4 Å². The normalized spacial score (nSPS) is 15.0. The minimum atomic E-state index is -0.337. The molecule has 1 unspecified atom stereocenters. The molecule has 0 aliphatic carbocycles. The average Bonchev–Trinajstić information content (AvgIpc) is 3.17. The maximum atomic E-state index is 12.6. The van der Waals surface area contributed by atoms with Crippen LogP contribution in [0.4, 0.5) is 5.95 Å². The SMILES string of the molecule is O=c1[nH]nc(-c2ccccc2)c2c1-n1nnnc1NC2c1ccccc1. The summed E-state index contributed by atoms with van der Waals surface area (Å²) in [6.07, 6.45) is 0. The van der Waals surface area contributed by atoms with Gasteiger partial charge in [0.1, 0.15) is 5.69 Å². The number of rotatable bonds is 2. The third-order valence-electron chi connectivity index (χ3n) is 4.42. The Morgan fingerprint density at radius 1 is 0.962 bits per heavy atom. The van der Waals surface area contributed by atoms with Gasteiger partial charge in [-0.3, -0.25) is 4.79 Å². The molecule has 5 rings (SSSR count). The van der Waals surface area contributed by atoms with Crippen LogP contribution in [0.2, 0.25) is 0 Å². The van der Waals surface area contributed by atoms with E-state index >= 15 is 0 Å².